The van der Waals surface area contributed by atoms with Gasteiger partial charge in [-0.15, -0.1) is 0 Å². The van der Waals surface area contributed by atoms with Crippen LogP contribution in [0.4, 0.5) is 5.82 Å². The van der Waals surface area contributed by atoms with Crippen molar-refractivity contribution in [1.82, 2.24) is 4.98 Å². The minimum absolute atomic E-state index is 0.269. The Kier molecular flexibility index (Phi) is 6.14. The van der Waals surface area contributed by atoms with Crippen molar-refractivity contribution >= 4 is 11.8 Å². The van der Waals surface area contributed by atoms with E-state index in [2.05, 4.69) is 10.3 Å². The zero-order chi connectivity index (χ0) is 13.4. The fourth-order valence-electron chi connectivity index (χ4n) is 1.37. The van der Waals surface area contributed by atoms with Gasteiger partial charge in [0.15, 0.2) is 5.69 Å². The highest BCUT2D eigenvalue weighted by Crippen LogP contribution is 2.07. The van der Waals surface area contributed by atoms with Crippen LogP contribution in [0.5, 0.6) is 0 Å². The molecule has 1 rings (SSSR count). The first-order valence-corrected chi connectivity index (χ1v) is 6.03. The van der Waals surface area contributed by atoms with Gasteiger partial charge in [0.25, 0.3) is 0 Å². The van der Waals surface area contributed by atoms with Gasteiger partial charge >= 0.3 is 5.97 Å². The highest BCUT2D eigenvalue weighted by Gasteiger charge is 2.09. The summed E-state index contributed by atoms with van der Waals surface area (Å²) in [6.45, 7) is 4.95. The van der Waals surface area contributed by atoms with Crippen molar-refractivity contribution in [1.29, 1.82) is 0 Å². The van der Waals surface area contributed by atoms with Crippen LogP contribution in [0.15, 0.2) is 18.2 Å². The first-order chi connectivity index (χ1) is 8.63. The highest BCUT2D eigenvalue weighted by atomic mass is 16.5. The predicted molar refractivity (Wildman–Crippen MR) is 69.8 cm³/mol. The summed E-state index contributed by atoms with van der Waals surface area (Å²) < 4.78 is 9.96. The van der Waals surface area contributed by atoms with Gasteiger partial charge < -0.3 is 14.8 Å². The lowest BCUT2D eigenvalue weighted by atomic mass is 10.3. The number of esters is 1. The summed E-state index contributed by atoms with van der Waals surface area (Å²) in [4.78, 5) is 15.9. The van der Waals surface area contributed by atoms with Crippen LogP contribution in [-0.2, 0) is 9.47 Å². The second-order valence-corrected chi connectivity index (χ2v) is 4.19. The molecule has 0 aliphatic carbocycles. The molecule has 0 fully saturated rings. The molecular weight excluding hydrogens is 232 g/mol. The molecule has 0 unspecified atom stereocenters. The summed E-state index contributed by atoms with van der Waals surface area (Å²) in [5.41, 5.74) is 0.318. The molecule has 5 heteroatoms. The molecule has 100 valence electrons. The van der Waals surface area contributed by atoms with Crippen LogP contribution in [0.3, 0.4) is 0 Å². The fraction of sp³-hybridized carbons (Fsp3) is 0.538. The number of nitrogens with zero attached hydrogens (tertiary/aromatic N) is 1. The van der Waals surface area contributed by atoms with E-state index in [1.54, 1.807) is 19.2 Å². The molecule has 0 atom stereocenters. The molecule has 0 aliphatic heterocycles. The Morgan fingerprint density at radius 3 is 2.83 bits per heavy atom. The number of pyridine rings is 1. The molecule has 0 spiro atoms. The first kappa shape index (κ1) is 14.4. The number of carbonyl (C=O) groups excluding carboxylic acids is 1. The third-order valence-electron chi connectivity index (χ3n) is 2.12. The zero-order valence-corrected chi connectivity index (χ0v) is 11.1. The zero-order valence-electron chi connectivity index (χ0n) is 11.1. The molecule has 1 heterocycles. The van der Waals surface area contributed by atoms with E-state index in [-0.39, 0.29) is 6.04 Å². The lowest BCUT2D eigenvalue weighted by Gasteiger charge is -2.10. The Morgan fingerprint density at radius 1 is 1.39 bits per heavy atom. The molecule has 1 aromatic rings. The van der Waals surface area contributed by atoms with Crippen LogP contribution in [0.25, 0.3) is 0 Å². The van der Waals surface area contributed by atoms with Crippen LogP contribution < -0.4 is 5.32 Å². The van der Waals surface area contributed by atoms with E-state index in [0.29, 0.717) is 31.1 Å². The van der Waals surface area contributed by atoms with Crippen molar-refractivity contribution in [3.05, 3.63) is 23.9 Å². The van der Waals surface area contributed by atoms with E-state index >= 15 is 0 Å². The first-order valence-electron chi connectivity index (χ1n) is 6.03. The van der Waals surface area contributed by atoms with Crippen molar-refractivity contribution in [3.8, 4) is 0 Å². The predicted octanol–water partition coefficient (Wildman–Crippen LogP) is 2.10. The van der Waals surface area contributed by atoms with Gasteiger partial charge in [0, 0.05) is 26.2 Å². The highest BCUT2D eigenvalue weighted by molar-refractivity contribution is 5.87. The summed E-state index contributed by atoms with van der Waals surface area (Å²) in [5, 5.41) is 3.14. The molecule has 18 heavy (non-hydrogen) atoms. The van der Waals surface area contributed by atoms with Gasteiger partial charge in [-0.2, -0.15) is 0 Å². The van der Waals surface area contributed by atoms with Gasteiger partial charge in [-0.05, 0) is 26.0 Å². The van der Waals surface area contributed by atoms with Crippen LogP contribution in [0, 0.1) is 0 Å². The summed E-state index contributed by atoms with van der Waals surface area (Å²) >= 11 is 0. The SMILES string of the molecule is COCCCOC(=O)c1cccc(NC(C)C)n1. The lowest BCUT2D eigenvalue weighted by molar-refractivity contribution is 0.0462. The van der Waals surface area contributed by atoms with E-state index in [9.17, 15) is 4.79 Å². The number of hydrogen-bond donors (Lipinski definition) is 1. The van der Waals surface area contributed by atoms with Gasteiger partial charge in [0.1, 0.15) is 5.82 Å². The standard InChI is InChI=1S/C13H20N2O3/c1-10(2)14-12-7-4-6-11(15-12)13(16)18-9-5-8-17-3/h4,6-7,10H,5,8-9H2,1-3H3,(H,14,15). The van der Waals surface area contributed by atoms with Crippen molar-refractivity contribution in [2.75, 3.05) is 25.6 Å². The van der Waals surface area contributed by atoms with Gasteiger partial charge in [-0.3, -0.25) is 0 Å². The number of rotatable bonds is 7. The summed E-state index contributed by atoms with van der Waals surface area (Å²) in [6.07, 6.45) is 0.687. The third kappa shape index (κ3) is 5.14. The average molecular weight is 252 g/mol. The summed E-state index contributed by atoms with van der Waals surface area (Å²) in [6, 6.07) is 5.51. The number of anilines is 1. The number of ether oxygens (including phenoxy) is 2. The Hall–Kier alpha value is -1.62. The van der Waals surface area contributed by atoms with Crippen LogP contribution in [0.1, 0.15) is 30.8 Å². The van der Waals surface area contributed by atoms with Crippen LogP contribution >= 0.6 is 0 Å². The molecule has 0 aliphatic rings. The minimum atomic E-state index is -0.404. The van der Waals surface area contributed by atoms with Gasteiger partial charge in [-0.25, -0.2) is 9.78 Å². The molecular formula is C13H20N2O3. The second kappa shape index (κ2) is 7.66. The molecule has 0 bridgehead atoms. The number of nitrogens with one attached hydrogen (secondary N) is 1. The fourth-order valence-corrected chi connectivity index (χ4v) is 1.37. The molecule has 0 aromatic carbocycles. The Labute approximate surface area is 108 Å². The second-order valence-electron chi connectivity index (χ2n) is 4.19. The number of hydrogen-bond acceptors (Lipinski definition) is 5. The average Bonchev–Trinajstić information content (AvgIpc) is 2.34. The van der Waals surface area contributed by atoms with E-state index in [1.165, 1.54) is 0 Å². The van der Waals surface area contributed by atoms with Crippen molar-refractivity contribution in [2.24, 2.45) is 0 Å². The summed E-state index contributed by atoms with van der Waals surface area (Å²) in [7, 11) is 1.62. The number of carbonyl (C=O) groups is 1. The Bertz CT molecular complexity index is 380. The monoisotopic (exact) mass is 252 g/mol. The largest absolute Gasteiger partial charge is 0.461 e. The normalized spacial score (nSPS) is 10.4. The topological polar surface area (TPSA) is 60.5 Å². The van der Waals surface area contributed by atoms with E-state index < -0.39 is 5.97 Å². The molecule has 1 aromatic heterocycles. The number of methoxy groups -OCH3 is 1. The molecule has 0 amide bonds. The van der Waals surface area contributed by atoms with Gasteiger partial charge in [-0.1, -0.05) is 6.07 Å². The molecule has 0 radical (unpaired) electrons. The lowest BCUT2D eigenvalue weighted by Crippen LogP contribution is -2.14. The maximum Gasteiger partial charge on any atom is 0.357 e. The number of aromatic nitrogens is 1. The van der Waals surface area contributed by atoms with Crippen LogP contribution in [0.2, 0.25) is 0 Å². The van der Waals surface area contributed by atoms with Gasteiger partial charge in [0.05, 0.1) is 6.61 Å². The molecule has 0 saturated heterocycles. The minimum Gasteiger partial charge on any atom is -0.461 e. The molecule has 1 N–H and O–H groups in total. The smallest absolute Gasteiger partial charge is 0.357 e. The van der Waals surface area contributed by atoms with Crippen molar-refractivity contribution in [3.63, 3.8) is 0 Å². The molecule has 0 saturated carbocycles. The van der Waals surface area contributed by atoms with E-state index in [1.807, 2.05) is 19.9 Å². The maximum absolute atomic E-state index is 11.7. The van der Waals surface area contributed by atoms with Crippen molar-refractivity contribution < 1.29 is 14.3 Å². The Morgan fingerprint density at radius 2 is 2.17 bits per heavy atom. The van der Waals surface area contributed by atoms with Crippen molar-refractivity contribution in [2.45, 2.75) is 26.3 Å². The molecule has 5 nitrogen and oxygen atoms in total. The van der Waals surface area contributed by atoms with E-state index in [0.717, 1.165) is 0 Å². The summed E-state index contributed by atoms with van der Waals surface area (Å²) in [5.74, 6) is 0.273. The maximum atomic E-state index is 11.7. The van der Waals surface area contributed by atoms with Crippen LogP contribution in [-0.4, -0.2) is 37.3 Å². The van der Waals surface area contributed by atoms with Gasteiger partial charge in [0.2, 0.25) is 0 Å². The third-order valence-corrected chi connectivity index (χ3v) is 2.12. The quantitative estimate of drug-likeness (QED) is 0.595. The van der Waals surface area contributed by atoms with E-state index in [4.69, 9.17) is 9.47 Å². The Balaban J connectivity index is 2.51.